The summed E-state index contributed by atoms with van der Waals surface area (Å²) >= 11 is 0. The van der Waals surface area contributed by atoms with E-state index in [1.54, 1.807) is 18.5 Å². The third kappa shape index (κ3) is 6.44. The number of aliphatic imine (C=N–C) groups is 1. The van der Waals surface area contributed by atoms with Gasteiger partial charge in [-0.25, -0.2) is 9.37 Å². The van der Waals surface area contributed by atoms with Crippen molar-refractivity contribution in [3.05, 3.63) is 47.8 Å². The number of aromatic amines is 1. The number of nitrogens with zero attached hydrogens (tertiary/aromatic N) is 4. The molecule has 1 saturated heterocycles. The van der Waals surface area contributed by atoms with Crippen LogP contribution >= 0.6 is 24.0 Å². The SMILES string of the molecule is CCNC(=NCCCc1cccc(F)c1)N1CCC(c2ncn[nH]2)CC1.I. The van der Waals surface area contributed by atoms with Gasteiger partial charge < -0.3 is 10.2 Å². The zero-order valence-corrected chi connectivity index (χ0v) is 18.0. The van der Waals surface area contributed by atoms with Gasteiger partial charge in [-0.05, 0) is 50.3 Å². The predicted octanol–water partition coefficient (Wildman–Crippen LogP) is 3.34. The maximum absolute atomic E-state index is 13.2. The lowest BCUT2D eigenvalue weighted by molar-refractivity contribution is 0.299. The van der Waals surface area contributed by atoms with Crippen molar-refractivity contribution >= 4 is 29.9 Å². The van der Waals surface area contributed by atoms with Gasteiger partial charge in [-0.2, -0.15) is 5.10 Å². The Bertz CT molecular complexity index is 698. The molecule has 0 bridgehead atoms. The molecule has 2 N–H and O–H groups in total. The van der Waals surface area contributed by atoms with E-state index in [9.17, 15) is 4.39 Å². The number of rotatable bonds is 6. The van der Waals surface area contributed by atoms with Gasteiger partial charge in [0.2, 0.25) is 0 Å². The molecule has 2 heterocycles. The van der Waals surface area contributed by atoms with Crippen LogP contribution in [-0.4, -0.2) is 52.2 Å². The van der Waals surface area contributed by atoms with Crippen molar-refractivity contribution in [3.8, 4) is 0 Å². The summed E-state index contributed by atoms with van der Waals surface area (Å²) in [5, 5.41) is 10.3. The zero-order valence-electron chi connectivity index (χ0n) is 15.7. The average Bonchev–Trinajstić information content (AvgIpc) is 3.19. The van der Waals surface area contributed by atoms with Crippen molar-refractivity contribution in [2.75, 3.05) is 26.2 Å². The third-order valence-corrected chi connectivity index (χ3v) is 4.72. The van der Waals surface area contributed by atoms with Crippen LogP contribution in [0.5, 0.6) is 0 Å². The van der Waals surface area contributed by atoms with Crippen LogP contribution in [0.25, 0.3) is 0 Å². The average molecular weight is 486 g/mol. The summed E-state index contributed by atoms with van der Waals surface area (Å²) in [6.07, 6.45) is 5.42. The van der Waals surface area contributed by atoms with Gasteiger partial charge in [0.15, 0.2) is 5.96 Å². The van der Waals surface area contributed by atoms with Crippen molar-refractivity contribution in [1.82, 2.24) is 25.4 Å². The van der Waals surface area contributed by atoms with Crippen molar-refractivity contribution in [2.24, 2.45) is 4.99 Å². The van der Waals surface area contributed by atoms with Crippen molar-refractivity contribution in [1.29, 1.82) is 0 Å². The molecule has 148 valence electrons. The summed E-state index contributed by atoms with van der Waals surface area (Å²) in [4.78, 5) is 11.4. The minimum absolute atomic E-state index is 0. The van der Waals surface area contributed by atoms with E-state index in [1.165, 1.54) is 6.07 Å². The molecule has 1 aromatic carbocycles. The van der Waals surface area contributed by atoms with E-state index in [4.69, 9.17) is 4.99 Å². The van der Waals surface area contributed by atoms with Gasteiger partial charge in [-0.1, -0.05) is 12.1 Å². The fraction of sp³-hybridized carbons (Fsp3) is 0.526. The Balaban J connectivity index is 0.00000261. The first kappa shape index (κ1) is 21.6. The highest BCUT2D eigenvalue weighted by Crippen LogP contribution is 2.24. The van der Waals surface area contributed by atoms with Crippen LogP contribution in [0.1, 0.15) is 43.5 Å². The zero-order chi connectivity index (χ0) is 18.2. The van der Waals surface area contributed by atoms with Gasteiger partial charge in [0.1, 0.15) is 18.0 Å². The number of guanidine groups is 1. The molecule has 1 aliphatic rings. The second kappa shape index (κ2) is 11.2. The van der Waals surface area contributed by atoms with Crippen LogP contribution in [0.4, 0.5) is 4.39 Å². The molecule has 0 radical (unpaired) electrons. The lowest BCUT2D eigenvalue weighted by Crippen LogP contribution is -2.45. The fourth-order valence-corrected chi connectivity index (χ4v) is 3.36. The standard InChI is InChI=1S/C19H27FN6.HI/c1-2-21-19(22-10-4-6-15-5-3-7-17(20)13-15)26-11-8-16(9-12-26)18-23-14-24-25-18;/h3,5,7,13-14,16H,2,4,6,8-12H2,1H3,(H,21,22)(H,23,24,25);1H. The monoisotopic (exact) mass is 486 g/mol. The van der Waals surface area contributed by atoms with Gasteiger partial charge in [0.05, 0.1) is 0 Å². The van der Waals surface area contributed by atoms with Crippen LogP contribution in [0, 0.1) is 5.82 Å². The molecule has 0 atom stereocenters. The molecule has 1 fully saturated rings. The number of hydrogen-bond acceptors (Lipinski definition) is 3. The number of aromatic nitrogens is 3. The quantitative estimate of drug-likeness (QED) is 0.285. The summed E-state index contributed by atoms with van der Waals surface area (Å²) in [5.41, 5.74) is 1.03. The number of hydrogen-bond donors (Lipinski definition) is 2. The van der Waals surface area contributed by atoms with E-state index >= 15 is 0 Å². The molecule has 3 rings (SSSR count). The molecule has 0 saturated carbocycles. The molecule has 27 heavy (non-hydrogen) atoms. The number of likely N-dealkylation sites (tertiary alicyclic amines) is 1. The topological polar surface area (TPSA) is 69.2 Å². The lowest BCUT2D eigenvalue weighted by Gasteiger charge is -2.33. The Morgan fingerprint density at radius 1 is 1.37 bits per heavy atom. The van der Waals surface area contributed by atoms with Crippen LogP contribution in [0.2, 0.25) is 0 Å². The van der Waals surface area contributed by atoms with Crippen molar-refractivity contribution < 1.29 is 4.39 Å². The van der Waals surface area contributed by atoms with E-state index in [0.29, 0.717) is 5.92 Å². The summed E-state index contributed by atoms with van der Waals surface area (Å²) in [5.74, 6) is 2.24. The Morgan fingerprint density at radius 2 is 2.19 bits per heavy atom. The van der Waals surface area contributed by atoms with Gasteiger partial charge in [0.25, 0.3) is 0 Å². The fourth-order valence-electron chi connectivity index (χ4n) is 3.36. The van der Waals surface area contributed by atoms with E-state index in [1.807, 2.05) is 6.07 Å². The first-order valence-corrected chi connectivity index (χ1v) is 9.39. The molecule has 2 aromatic rings. The Hall–Kier alpha value is -1.71. The molecule has 0 aliphatic carbocycles. The number of aryl methyl sites for hydroxylation is 1. The normalized spacial score (nSPS) is 15.5. The van der Waals surface area contributed by atoms with E-state index in [-0.39, 0.29) is 29.8 Å². The molecule has 6 nitrogen and oxygen atoms in total. The maximum Gasteiger partial charge on any atom is 0.193 e. The number of H-pyrrole nitrogens is 1. The molecule has 0 amide bonds. The molecule has 1 aliphatic heterocycles. The second-order valence-corrected chi connectivity index (χ2v) is 6.60. The van der Waals surface area contributed by atoms with Crippen molar-refractivity contribution in [2.45, 2.75) is 38.5 Å². The Labute approximate surface area is 177 Å². The minimum atomic E-state index is -0.172. The van der Waals surface area contributed by atoms with E-state index in [0.717, 1.165) is 69.2 Å². The molecule has 0 unspecified atom stereocenters. The van der Waals surface area contributed by atoms with Gasteiger partial charge in [0, 0.05) is 32.1 Å². The number of piperidine rings is 1. The summed E-state index contributed by atoms with van der Waals surface area (Å²) in [7, 11) is 0. The summed E-state index contributed by atoms with van der Waals surface area (Å²) in [6, 6.07) is 6.81. The van der Waals surface area contributed by atoms with Gasteiger partial charge >= 0.3 is 0 Å². The van der Waals surface area contributed by atoms with Crippen molar-refractivity contribution in [3.63, 3.8) is 0 Å². The third-order valence-electron chi connectivity index (χ3n) is 4.72. The predicted molar refractivity (Wildman–Crippen MR) is 116 cm³/mol. The lowest BCUT2D eigenvalue weighted by atomic mass is 9.96. The first-order valence-electron chi connectivity index (χ1n) is 9.39. The summed E-state index contributed by atoms with van der Waals surface area (Å²) < 4.78 is 13.2. The van der Waals surface area contributed by atoms with Gasteiger partial charge in [-0.15, -0.1) is 24.0 Å². The first-order chi connectivity index (χ1) is 12.8. The Morgan fingerprint density at radius 3 is 2.85 bits per heavy atom. The highest BCUT2D eigenvalue weighted by Gasteiger charge is 2.24. The highest BCUT2D eigenvalue weighted by molar-refractivity contribution is 14.0. The second-order valence-electron chi connectivity index (χ2n) is 6.60. The molecule has 1 aromatic heterocycles. The van der Waals surface area contributed by atoms with Crippen LogP contribution in [0.3, 0.4) is 0 Å². The number of halogens is 2. The van der Waals surface area contributed by atoms with Crippen LogP contribution < -0.4 is 5.32 Å². The van der Waals surface area contributed by atoms with E-state index < -0.39 is 0 Å². The number of benzene rings is 1. The van der Waals surface area contributed by atoms with Crippen LogP contribution in [-0.2, 0) is 6.42 Å². The molecule has 0 spiro atoms. The Kier molecular flexibility index (Phi) is 8.96. The molecule has 8 heteroatoms. The smallest absolute Gasteiger partial charge is 0.193 e. The largest absolute Gasteiger partial charge is 0.357 e. The number of nitrogens with one attached hydrogen (secondary N) is 2. The highest BCUT2D eigenvalue weighted by atomic mass is 127. The molecular weight excluding hydrogens is 458 g/mol. The van der Waals surface area contributed by atoms with Crippen LogP contribution in [0.15, 0.2) is 35.6 Å². The maximum atomic E-state index is 13.2. The van der Waals surface area contributed by atoms with E-state index in [2.05, 4.69) is 32.3 Å². The summed E-state index contributed by atoms with van der Waals surface area (Å²) in [6.45, 7) is 5.59. The minimum Gasteiger partial charge on any atom is -0.357 e. The molecular formula is C19H28FIN6. The van der Waals surface area contributed by atoms with Gasteiger partial charge in [-0.3, -0.25) is 10.1 Å².